The van der Waals surface area contributed by atoms with Gasteiger partial charge in [0.15, 0.2) is 11.3 Å². The molecule has 1 saturated heterocycles. The van der Waals surface area contributed by atoms with Crippen LogP contribution in [0.5, 0.6) is 0 Å². The number of aryl methyl sites for hydroxylation is 3. The Morgan fingerprint density at radius 1 is 0.674 bits per heavy atom. The van der Waals surface area contributed by atoms with Gasteiger partial charge in [-0.2, -0.15) is 0 Å². The molecular weight excluding hydrogens is 540 g/mol. The molecule has 0 aromatic heterocycles. The van der Waals surface area contributed by atoms with Gasteiger partial charge in [0.25, 0.3) is 11.7 Å². The van der Waals surface area contributed by atoms with Gasteiger partial charge < -0.3 is 5.11 Å². The van der Waals surface area contributed by atoms with Crippen molar-refractivity contribution in [3.8, 4) is 0 Å². The van der Waals surface area contributed by atoms with Gasteiger partial charge in [0.2, 0.25) is 0 Å². The van der Waals surface area contributed by atoms with Crippen molar-refractivity contribution in [1.29, 1.82) is 0 Å². The minimum absolute atomic E-state index is 0.0345. The summed E-state index contributed by atoms with van der Waals surface area (Å²) >= 11 is 0. The molecular formula is C36H26N2O5. The number of aliphatic hydroxyl groups is 1. The molecule has 1 aliphatic carbocycles. The van der Waals surface area contributed by atoms with Crippen molar-refractivity contribution in [3.63, 3.8) is 0 Å². The summed E-state index contributed by atoms with van der Waals surface area (Å²) in [6.45, 7) is 5.66. The number of carbonyl (C=O) groups excluding carboxylic acids is 4. The van der Waals surface area contributed by atoms with Crippen LogP contribution in [0.25, 0.3) is 11.5 Å². The smallest absolute Gasteiger partial charge is 0.300 e. The number of amides is 2. The van der Waals surface area contributed by atoms with E-state index in [9.17, 15) is 19.5 Å². The molecule has 4 aromatic carbocycles. The van der Waals surface area contributed by atoms with Gasteiger partial charge in [0, 0.05) is 28.1 Å². The lowest BCUT2D eigenvalue weighted by molar-refractivity contribution is -0.132. The third-order valence-corrected chi connectivity index (χ3v) is 8.63. The molecule has 0 saturated carbocycles. The number of ketones is 2. The maximum absolute atomic E-state index is 15.1. The molecule has 1 spiro atoms. The SMILES string of the molecule is Cc1ccc(N2C(=O)C(=O)/C(=C(\O)c3ccc(C)c(C)c3)C23C(=O)N(c2ccccc2)C2=C3C(=O)c3ccccc32)cc1. The van der Waals surface area contributed by atoms with E-state index in [1.807, 2.05) is 20.8 Å². The molecule has 7 rings (SSSR count). The highest BCUT2D eigenvalue weighted by Crippen LogP contribution is 2.57. The lowest BCUT2D eigenvalue weighted by Crippen LogP contribution is -2.57. The molecule has 7 heteroatoms. The van der Waals surface area contributed by atoms with Gasteiger partial charge >= 0.3 is 5.91 Å². The Morgan fingerprint density at radius 3 is 2.00 bits per heavy atom. The summed E-state index contributed by atoms with van der Waals surface area (Å²) < 4.78 is 0. The minimum Gasteiger partial charge on any atom is -0.507 e. The third kappa shape index (κ3) is 3.42. The Labute approximate surface area is 248 Å². The second kappa shape index (κ2) is 9.22. The van der Waals surface area contributed by atoms with Crippen LogP contribution >= 0.6 is 0 Å². The Kier molecular flexibility index (Phi) is 5.65. The van der Waals surface area contributed by atoms with Crippen molar-refractivity contribution in [2.24, 2.45) is 0 Å². The van der Waals surface area contributed by atoms with Gasteiger partial charge in [-0.25, -0.2) is 0 Å². The summed E-state index contributed by atoms with van der Waals surface area (Å²) in [5.74, 6) is -3.75. The fourth-order valence-electron chi connectivity index (χ4n) is 6.42. The van der Waals surface area contributed by atoms with Gasteiger partial charge in [-0.1, -0.05) is 72.3 Å². The van der Waals surface area contributed by atoms with E-state index < -0.39 is 40.3 Å². The van der Waals surface area contributed by atoms with Gasteiger partial charge in [0.05, 0.1) is 16.8 Å². The standard InChI is InChI=1S/C36H26N2O5/c1-20-13-17-25(18-14-20)38-34(42)33(41)29(31(39)23-16-15-21(2)22(3)19-23)36(38)28-30(26-11-7-8-12-27(26)32(28)40)37(35(36)43)24-9-5-4-6-10-24/h4-19,39H,1-3H3/b31-29+. The van der Waals surface area contributed by atoms with Crippen molar-refractivity contribution >= 4 is 46.2 Å². The van der Waals surface area contributed by atoms with Crippen LogP contribution in [0.2, 0.25) is 0 Å². The van der Waals surface area contributed by atoms with Crippen molar-refractivity contribution < 1.29 is 24.3 Å². The molecule has 1 atom stereocenters. The van der Waals surface area contributed by atoms with E-state index in [0.717, 1.165) is 21.6 Å². The molecule has 3 aliphatic rings. The second-order valence-electron chi connectivity index (χ2n) is 11.1. The normalized spacial score (nSPS) is 20.4. The molecule has 7 nitrogen and oxygen atoms in total. The molecule has 1 N–H and O–H groups in total. The number of benzene rings is 4. The summed E-state index contributed by atoms with van der Waals surface area (Å²) in [6, 6.07) is 27.7. The fraction of sp³-hybridized carbons (Fsp3) is 0.111. The molecule has 4 aromatic rings. The van der Waals surface area contributed by atoms with Gasteiger partial charge in [-0.3, -0.25) is 29.0 Å². The number of Topliss-reactive ketones (excluding diaryl/α,β-unsaturated/α-hetero) is 2. The van der Waals surface area contributed by atoms with Crippen LogP contribution in [-0.2, 0) is 14.4 Å². The van der Waals surface area contributed by atoms with Gasteiger partial charge in [0.1, 0.15) is 5.76 Å². The van der Waals surface area contributed by atoms with Crippen LogP contribution in [0.3, 0.4) is 0 Å². The quantitative estimate of drug-likeness (QED) is 0.190. The molecule has 2 heterocycles. The average molecular weight is 567 g/mol. The number of hydrogen-bond acceptors (Lipinski definition) is 5. The molecule has 43 heavy (non-hydrogen) atoms. The van der Waals surface area contributed by atoms with Crippen molar-refractivity contribution in [3.05, 3.63) is 142 Å². The van der Waals surface area contributed by atoms with Crippen LogP contribution in [0.4, 0.5) is 11.4 Å². The number of nitrogens with zero attached hydrogens (tertiary/aromatic N) is 2. The van der Waals surface area contributed by atoms with Gasteiger partial charge in [-0.15, -0.1) is 0 Å². The molecule has 2 amide bonds. The average Bonchev–Trinajstić information content (AvgIpc) is 3.54. The molecule has 1 fully saturated rings. The lowest BCUT2D eigenvalue weighted by atomic mass is 9.79. The van der Waals surface area contributed by atoms with Crippen LogP contribution in [0.1, 0.15) is 38.2 Å². The fourth-order valence-corrected chi connectivity index (χ4v) is 6.42. The summed E-state index contributed by atoms with van der Waals surface area (Å²) in [6.07, 6.45) is 0. The van der Waals surface area contributed by atoms with E-state index >= 15 is 4.79 Å². The first-order valence-corrected chi connectivity index (χ1v) is 13.9. The molecule has 0 bridgehead atoms. The first kappa shape index (κ1) is 26.3. The number of para-hydroxylation sites is 1. The number of fused-ring (bicyclic) bond motifs is 3. The highest BCUT2D eigenvalue weighted by molar-refractivity contribution is 6.58. The van der Waals surface area contributed by atoms with Crippen LogP contribution in [-0.4, -0.2) is 34.0 Å². The Bertz CT molecular complexity index is 1990. The Morgan fingerprint density at radius 2 is 1.33 bits per heavy atom. The monoisotopic (exact) mass is 566 g/mol. The molecule has 2 aliphatic heterocycles. The summed E-state index contributed by atoms with van der Waals surface area (Å²) in [5.41, 5.74) is 2.12. The second-order valence-corrected chi connectivity index (χ2v) is 11.1. The van der Waals surface area contributed by atoms with Crippen LogP contribution in [0, 0.1) is 20.8 Å². The Hall–Kier alpha value is -5.56. The zero-order valence-corrected chi connectivity index (χ0v) is 23.7. The summed E-state index contributed by atoms with van der Waals surface area (Å²) in [4.78, 5) is 60.3. The van der Waals surface area contributed by atoms with E-state index in [0.29, 0.717) is 22.5 Å². The highest BCUT2D eigenvalue weighted by Gasteiger charge is 2.71. The summed E-state index contributed by atoms with van der Waals surface area (Å²) in [5, 5.41) is 11.9. The number of rotatable bonds is 3. The van der Waals surface area contributed by atoms with E-state index in [4.69, 9.17) is 0 Å². The third-order valence-electron chi connectivity index (χ3n) is 8.63. The maximum Gasteiger partial charge on any atom is 0.300 e. The summed E-state index contributed by atoms with van der Waals surface area (Å²) in [7, 11) is 0. The van der Waals surface area contributed by atoms with Crippen molar-refractivity contribution in [1.82, 2.24) is 0 Å². The Balaban J connectivity index is 1.63. The number of hydrogen-bond donors (Lipinski definition) is 1. The zero-order valence-electron chi connectivity index (χ0n) is 23.7. The number of carbonyl (C=O) groups is 4. The largest absolute Gasteiger partial charge is 0.507 e. The van der Waals surface area contributed by atoms with Gasteiger partial charge in [-0.05, 0) is 62.2 Å². The zero-order chi connectivity index (χ0) is 30.2. The first-order valence-electron chi connectivity index (χ1n) is 13.9. The topological polar surface area (TPSA) is 95.0 Å². The maximum atomic E-state index is 15.1. The van der Waals surface area contributed by atoms with Crippen molar-refractivity contribution in [2.45, 2.75) is 26.3 Å². The number of aliphatic hydroxyl groups excluding tert-OH is 1. The first-order chi connectivity index (χ1) is 20.7. The molecule has 210 valence electrons. The lowest BCUT2D eigenvalue weighted by Gasteiger charge is -2.36. The van der Waals surface area contributed by atoms with Crippen molar-refractivity contribution in [2.75, 3.05) is 9.80 Å². The predicted molar refractivity (Wildman–Crippen MR) is 163 cm³/mol. The van der Waals surface area contributed by atoms with E-state index in [-0.39, 0.29) is 16.8 Å². The molecule has 1 unspecified atom stereocenters. The highest BCUT2D eigenvalue weighted by atomic mass is 16.3. The molecule has 0 radical (unpaired) electrons. The van der Waals surface area contributed by atoms with Crippen LogP contribution in [0.15, 0.2) is 108 Å². The van der Waals surface area contributed by atoms with Crippen LogP contribution < -0.4 is 9.80 Å². The van der Waals surface area contributed by atoms with E-state index in [1.165, 1.54) is 4.90 Å². The predicted octanol–water partition coefficient (Wildman–Crippen LogP) is 5.89. The van der Waals surface area contributed by atoms with E-state index in [2.05, 4.69) is 0 Å². The van der Waals surface area contributed by atoms with E-state index in [1.54, 1.807) is 97.1 Å². The number of anilines is 2. The minimum atomic E-state index is -2.26.